The number of pyridine rings is 1. The SMILES string of the molecule is [N-]=[N+]=NCc1ccc(CN=[N+]=N)cn1. The number of azide groups is 1. The fraction of sp³-hybridized carbons (Fsp3) is 0.286. The Kier molecular flexibility index (Phi) is 3.82. The van der Waals surface area contributed by atoms with E-state index in [1.54, 1.807) is 12.3 Å². The fourth-order valence-electron chi connectivity index (χ4n) is 0.863. The Morgan fingerprint density at radius 1 is 1.36 bits per heavy atom. The summed E-state index contributed by atoms with van der Waals surface area (Å²) in [5, 5.41) is 6.88. The lowest BCUT2D eigenvalue weighted by Crippen LogP contribution is -1.89. The van der Waals surface area contributed by atoms with Crippen LogP contribution >= 0.6 is 0 Å². The molecular formula is C7H8N7+. The van der Waals surface area contributed by atoms with E-state index in [-0.39, 0.29) is 6.54 Å². The van der Waals surface area contributed by atoms with Gasteiger partial charge in [0.25, 0.3) is 0 Å². The second-order valence-electron chi connectivity index (χ2n) is 2.45. The van der Waals surface area contributed by atoms with Crippen molar-refractivity contribution in [2.75, 3.05) is 0 Å². The van der Waals surface area contributed by atoms with Crippen molar-refractivity contribution >= 4 is 0 Å². The molecule has 70 valence electrons. The van der Waals surface area contributed by atoms with Crippen LogP contribution in [0.15, 0.2) is 28.6 Å². The summed E-state index contributed by atoms with van der Waals surface area (Å²) >= 11 is 0. The molecule has 7 heteroatoms. The Bertz CT molecular complexity index is 344. The summed E-state index contributed by atoms with van der Waals surface area (Å²) in [6.07, 6.45) is 1.62. The third-order valence-corrected chi connectivity index (χ3v) is 1.51. The molecule has 0 fully saturated rings. The second-order valence-corrected chi connectivity index (χ2v) is 2.45. The molecule has 0 amide bonds. The Balaban J connectivity index is 2.67. The average Bonchev–Trinajstić information content (AvgIpc) is 2.25. The van der Waals surface area contributed by atoms with Crippen molar-refractivity contribution in [1.82, 2.24) is 9.90 Å². The Hall–Kier alpha value is -2.23. The van der Waals surface area contributed by atoms with Crippen molar-refractivity contribution in [3.8, 4) is 0 Å². The first-order chi connectivity index (χ1) is 6.86. The molecule has 0 aliphatic heterocycles. The van der Waals surface area contributed by atoms with Crippen LogP contribution in [0, 0.1) is 5.53 Å². The lowest BCUT2D eigenvalue weighted by atomic mass is 10.2. The van der Waals surface area contributed by atoms with Crippen LogP contribution in [0.3, 0.4) is 0 Å². The minimum absolute atomic E-state index is 0.247. The van der Waals surface area contributed by atoms with Crippen LogP contribution in [0.2, 0.25) is 0 Å². The molecule has 1 N–H and O–H groups in total. The van der Waals surface area contributed by atoms with Crippen LogP contribution in [0.25, 0.3) is 10.4 Å². The van der Waals surface area contributed by atoms with Gasteiger partial charge in [0.2, 0.25) is 4.91 Å². The van der Waals surface area contributed by atoms with Crippen molar-refractivity contribution in [2.24, 2.45) is 10.2 Å². The van der Waals surface area contributed by atoms with Gasteiger partial charge in [-0.25, -0.2) is 0 Å². The van der Waals surface area contributed by atoms with E-state index in [4.69, 9.17) is 11.1 Å². The molecule has 1 heterocycles. The van der Waals surface area contributed by atoms with Crippen LogP contribution in [0.5, 0.6) is 0 Å². The van der Waals surface area contributed by atoms with E-state index >= 15 is 0 Å². The highest BCUT2D eigenvalue weighted by Crippen LogP contribution is 2.02. The number of aromatic nitrogens is 1. The first-order valence-corrected chi connectivity index (χ1v) is 3.84. The average molecular weight is 190 g/mol. The first-order valence-electron chi connectivity index (χ1n) is 3.84. The van der Waals surface area contributed by atoms with Crippen LogP contribution < -0.4 is 4.91 Å². The summed E-state index contributed by atoms with van der Waals surface area (Å²) in [7, 11) is 0. The summed E-state index contributed by atoms with van der Waals surface area (Å²) in [6.45, 7) is 0.592. The summed E-state index contributed by atoms with van der Waals surface area (Å²) in [6, 6.07) is 3.56. The van der Waals surface area contributed by atoms with E-state index in [0.717, 1.165) is 5.56 Å². The normalized spacial score (nSPS) is 8.57. The molecule has 0 atom stereocenters. The Morgan fingerprint density at radius 2 is 2.21 bits per heavy atom. The number of nitrogens with one attached hydrogen (secondary N) is 1. The number of rotatable bonds is 4. The number of hydrogen-bond donors (Lipinski definition) is 1. The smallest absolute Gasteiger partial charge is 0.214 e. The third-order valence-electron chi connectivity index (χ3n) is 1.51. The lowest BCUT2D eigenvalue weighted by molar-refractivity contribution is 0.849. The van der Waals surface area contributed by atoms with Gasteiger partial charge >= 0.3 is 0 Å². The van der Waals surface area contributed by atoms with Crippen molar-refractivity contribution in [3.63, 3.8) is 0 Å². The van der Waals surface area contributed by atoms with Crippen LogP contribution in [-0.2, 0) is 13.1 Å². The molecule has 0 unspecified atom stereocenters. The van der Waals surface area contributed by atoms with E-state index < -0.39 is 0 Å². The molecule has 0 saturated heterocycles. The molecule has 7 nitrogen and oxygen atoms in total. The molecule has 1 aromatic rings. The van der Waals surface area contributed by atoms with Gasteiger partial charge in [0.05, 0.1) is 6.54 Å². The highest BCUT2D eigenvalue weighted by molar-refractivity contribution is 5.13. The molecule has 0 bridgehead atoms. The zero-order valence-electron chi connectivity index (χ0n) is 7.33. The fourth-order valence-corrected chi connectivity index (χ4v) is 0.863. The van der Waals surface area contributed by atoms with Crippen molar-refractivity contribution in [1.29, 1.82) is 5.53 Å². The van der Waals surface area contributed by atoms with Gasteiger partial charge in [-0.3, -0.25) is 4.98 Å². The minimum Gasteiger partial charge on any atom is -0.261 e. The molecule has 0 aliphatic rings. The summed E-state index contributed by atoms with van der Waals surface area (Å²) in [5.74, 6) is 0. The maximum Gasteiger partial charge on any atom is 0.214 e. The van der Waals surface area contributed by atoms with E-state index in [0.29, 0.717) is 12.2 Å². The van der Waals surface area contributed by atoms with Gasteiger partial charge in [0.1, 0.15) is 17.2 Å². The quantitative estimate of drug-likeness (QED) is 0.436. The maximum absolute atomic E-state index is 8.08. The zero-order valence-corrected chi connectivity index (χ0v) is 7.33. The molecule has 0 radical (unpaired) electrons. The largest absolute Gasteiger partial charge is 0.261 e. The summed E-state index contributed by atoms with van der Waals surface area (Å²) in [5.41, 5.74) is 16.1. The zero-order chi connectivity index (χ0) is 10.2. The standard InChI is InChI=1S/C7H8N7/c8-13-11-4-6-1-2-7(10-3-6)5-12-14-9/h1-3,8H,4-5H2/q+1. The van der Waals surface area contributed by atoms with Gasteiger partial charge in [-0.05, 0) is 17.2 Å². The highest BCUT2D eigenvalue weighted by Gasteiger charge is 1.96. The molecule has 0 saturated carbocycles. The van der Waals surface area contributed by atoms with E-state index in [9.17, 15) is 0 Å². The van der Waals surface area contributed by atoms with Crippen molar-refractivity contribution in [3.05, 3.63) is 40.0 Å². The topological polar surface area (TPSA) is 112 Å². The summed E-state index contributed by atoms with van der Waals surface area (Å²) < 4.78 is 0. The maximum atomic E-state index is 8.08. The number of nitrogens with zero attached hydrogens (tertiary/aromatic N) is 6. The van der Waals surface area contributed by atoms with E-state index in [1.165, 1.54) is 0 Å². The molecule has 1 aromatic heterocycles. The Morgan fingerprint density at radius 3 is 2.79 bits per heavy atom. The van der Waals surface area contributed by atoms with Gasteiger partial charge < -0.3 is 0 Å². The molecule has 14 heavy (non-hydrogen) atoms. The highest BCUT2D eigenvalue weighted by atomic mass is 15.1. The van der Waals surface area contributed by atoms with Gasteiger partial charge in [-0.1, -0.05) is 11.2 Å². The minimum atomic E-state index is 0.247. The number of hydrogen-bond acceptors (Lipinski definition) is 4. The predicted molar refractivity (Wildman–Crippen MR) is 48.1 cm³/mol. The summed E-state index contributed by atoms with van der Waals surface area (Å²) in [4.78, 5) is 9.55. The first kappa shape index (κ1) is 9.85. The van der Waals surface area contributed by atoms with Gasteiger partial charge in [0.15, 0.2) is 0 Å². The molecular weight excluding hydrogens is 182 g/mol. The van der Waals surface area contributed by atoms with Crippen LogP contribution in [0.4, 0.5) is 0 Å². The second kappa shape index (κ2) is 5.42. The van der Waals surface area contributed by atoms with Crippen molar-refractivity contribution in [2.45, 2.75) is 13.1 Å². The monoisotopic (exact) mass is 190 g/mol. The van der Waals surface area contributed by atoms with Crippen molar-refractivity contribution < 1.29 is 0 Å². The molecule has 0 aromatic carbocycles. The Labute approximate surface area is 79.6 Å². The van der Waals surface area contributed by atoms with E-state index in [1.807, 2.05) is 6.07 Å². The predicted octanol–water partition coefficient (Wildman–Crippen LogP) is 1.94. The van der Waals surface area contributed by atoms with Crippen LogP contribution in [0.1, 0.15) is 11.3 Å². The van der Waals surface area contributed by atoms with Gasteiger partial charge in [0, 0.05) is 16.8 Å². The molecule has 0 spiro atoms. The molecule has 1 rings (SSSR count). The molecule has 0 aliphatic carbocycles. The van der Waals surface area contributed by atoms with Gasteiger partial charge in [-0.15, -0.1) is 0 Å². The van der Waals surface area contributed by atoms with Gasteiger partial charge in [-0.2, -0.15) is 0 Å². The van der Waals surface area contributed by atoms with Crippen LogP contribution in [-0.4, -0.2) is 4.98 Å². The van der Waals surface area contributed by atoms with E-state index in [2.05, 4.69) is 25.0 Å². The third kappa shape index (κ3) is 3.02. The lowest BCUT2D eigenvalue weighted by Gasteiger charge is -1.94.